The first-order chi connectivity index (χ1) is 4.72. The van der Waals surface area contributed by atoms with Crippen LogP contribution in [0.3, 0.4) is 0 Å². The van der Waals surface area contributed by atoms with E-state index in [4.69, 9.17) is 0 Å². The molecule has 0 aliphatic heterocycles. The van der Waals surface area contributed by atoms with Crippen molar-refractivity contribution in [2.75, 3.05) is 0 Å². The van der Waals surface area contributed by atoms with E-state index in [1.165, 1.54) is 0 Å². The Morgan fingerprint density at radius 3 is 2.60 bits per heavy atom. The Balaban J connectivity index is 3.71. The molecule has 1 unspecified atom stereocenters. The lowest BCUT2D eigenvalue weighted by molar-refractivity contribution is -0.120. The normalized spacial score (nSPS) is 12.6. The third-order valence-electron chi connectivity index (χ3n) is 1.66. The summed E-state index contributed by atoms with van der Waals surface area (Å²) in [6.07, 6.45) is 4.74. The largest absolute Gasteiger partial charge is 0.300 e. The smallest absolute Gasteiger partial charge is 0.133 e. The number of Topliss-reactive ketones (excluding diaryl/α,β-unsaturated/α-hetero) is 1. The maximum atomic E-state index is 10.9. The fourth-order valence-electron chi connectivity index (χ4n) is 1.04. The zero-order valence-corrected chi connectivity index (χ0v) is 6.89. The fraction of sp³-hybridized carbons (Fsp3) is 0.667. The second kappa shape index (κ2) is 5.21. The van der Waals surface area contributed by atoms with E-state index in [0.29, 0.717) is 5.78 Å². The third kappa shape index (κ3) is 3.44. The van der Waals surface area contributed by atoms with Crippen LogP contribution in [0.1, 0.15) is 33.1 Å². The zero-order valence-electron chi connectivity index (χ0n) is 6.89. The monoisotopic (exact) mass is 140 g/mol. The molecule has 0 aromatic carbocycles. The van der Waals surface area contributed by atoms with Crippen molar-refractivity contribution < 1.29 is 4.79 Å². The Morgan fingerprint density at radius 1 is 1.70 bits per heavy atom. The molecule has 0 aromatic heterocycles. The highest BCUT2D eigenvalue weighted by atomic mass is 16.1. The second-order valence-electron chi connectivity index (χ2n) is 2.62. The minimum absolute atomic E-state index is 0.225. The molecule has 0 aliphatic rings. The van der Waals surface area contributed by atoms with E-state index in [0.717, 1.165) is 19.3 Å². The van der Waals surface area contributed by atoms with Gasteiger partial charge in [0.2, 0.25) is 0 Å². The SMILES string of the molecule is C=CCC(CCC)C(C)=O. The van der Waals surface area contributed by atoms with Crippen LogP contribution in [0.4, 0.5) is 0 Å². The van der Waals surface area contributed by atoms with Crippen molar-refractivity contribution in [3.8, 4) is 0 Å². The van der Waals surface area contributed by atoms with Gasteiger partial charge >= 0.3 is 0 Å². The maximum absolute atomic E-state index is 10.9. The predicted octanol–water partition coefficient (Wildman–Crippen LogP) is 2.57. The average molecular weight is 140 g/mol. The van der Waals surface area contributed by atoms with E-state index in [1.807, 2.05) is 6.08 Å². The fourth-order valence-corrected chi connectivity index (χ4v) is 1.04. The van der Waals surface area contributed by atoms with Crippen molar-refractivity contribution in [1.82, 2.24) is 0 Å². The summed E-state index contributed by atoms with van der Waals surface area (Å²) >= 11 is 0. The van der Waals surface area contributed by atoms with Crippen LogP contribution in [-0.2, 0) is 4.79 Å². The first-order valence-corrected chi connectivity index (χ1v) is 3.83. The average Bonchev–Trinajstić information content (AvgIpc) is 1.87. The molecular formula is C9H16O. The standard InChI is InChI=1S/C9H16O/c1-4-6-9(7-5-2)8(3)10/h4,9H,1,5-7H2,2-3H3. The molecule has 0 bridgehead atoms. The first-order valence-electron chi connectivity index (χ1n) is 3.83. The van der Waals surface area contributed by atoms with Crippen LogP contribution in [0.5, 0.6) is 0 Å². The molecule has 0 radical (unpaired) electrons. The van der Waals surface area contributed by atoms with Gasteiger partial charge in [-0.1, -0.05) is 19.4 Å². The van der Waals surface area contributed by atoms with Crippen molar-refractivity contribution in [3.63, 3.8) is 0 Å². The molecule has 0 heterocycles. The number of ketones is 1. The Labute approximate surface area is 63.1 Å². The molecule has 0 N–H and O–H groups in total. The van der Waals surface area contributed by atoms with E-state index < -0.39 is 0 Å². The van der Waals surface area contributed by atoms with Crippen molar-refractivity contribution in [1.29, 1.82) is 0 Å². The van der Waals surface area contributed by atoms with Gasteiger partial charge in [0, 0.05) is 5.92 Å². The quantitative estimate of drug-likeness (QED) is 0.536. The number of carbonyl (C=O) groups excluding carboxylic acids is 1. The summed E-state index contributed by atoms with van der Waals surface area (Å²) in [5.41, 5.74) is 0. The summed E-state index contributed by atoms with van der Waals surface area (Å²) in [4.78, 5) is 10.9. The summed E-state index contributed by atoms with van der Waals surface area (Å²) in [7, 11) is 0. The molecule has 0 rings (SSSR count). The summed E-state index contributed by atoms with van der Waals surface area (Å²) in [6, 6.07) is 0. The molecule has 0 aliphatic carbocycles. The predicted molar refractivity (Wildman–Crippen MR) is 43.9 cm³/mol. The lowest BCUT2D eigenvalue weighted by Crippen LogP contribution is -2.08. The molecule has 0 saturated carbocycles. The van der Waals surface area contributed by atoms with Gasteiger partial charge in [-0.05, 0) is 19.8 Å². The molecule has 0 amide bonds. The van der Waals surface area contributed by atoms with Crippen molar-refractivity contribution in [3.05, 3.63) is 12.7 Å². The van der Waals surface area contributed by atoms with Gasteiger partial charge in [-0.15, -0.1) is 6.58 Å². The summed E-state index contributed by atoms with van der Waals surface area (Å²) in [5.74, 6) is 0.518. The molecule has 1 nitrogen and oxygen atoms in total. The van der Waals surface area contributed by atoms with E-state index in [1.54, 1.807) is 6.92 Å². The van der Waals surface area contributed by atoms with Gasteiger partial charge in [0.1, 0.15) is 5.78 Å². The minimum atomic E-state index is 0.225. The summed E-state index contributed by atoms with van der Waals surface area (Å²) in [6.45, 7) is 7.37. The highest BCUT2D eigenvalue weighted by molar-refractivity contribution is 5.78. The van der Waals surface area contributed by atoms with Gasteiger partial charge in [-0.25, -0.2) is 0 Å². The van der Waals surface area contributed by atoms with Crippen LogP contribution >= 0.6 is 0 Å². The number of hydrogen-bond donors (Lipinski definition) is 0. The maximum Gasteiger partial charge on any atom is 0.133 e. The van der Waals surface area contributed by atoms with Crippen molar-refractivity contribution in [2.24, 2.45) is 5.92 Å². The topological polar surface area (TPSA) is 17.1 Å². The van der Waals surface area contributed by atoms with E-state index in [2.05, 4.69) is 13.5 Å². The first kappa shape index (κ1) is 9.41. The van der Waals surface area contributed by atoms with Gasteiger partial charge in [0.15, 0.2) is 0 Å². The number of allylic oxidation sites excluding steroid dienone is 1. The molecule has 1 heteroatoms. The highest BCUT2D eigenvalue weighted by Crippen LogP contribution is 2.11. The molecule has 10 heavy (non-hydrogen) atoms. The molecule has 1 atom stereocenters. The second-order valence-corrected chi connectivity index (χ2v) is 2.62. The Hall–Kier alpha value is -0.590. The Bertz CT molecular complexity index is 116. The van der Waals surface area contributed by atoms with Crippen LogP contribution in [0, 0.1) is 5.92 Å². The van der Waals surface area contributed by atoms with Gasteiger partial charge in [0.25, 0.3) is 0 Å². The van der Waals surface area contributed by atoms with Crippen LogP contribution in [-0.4, -0.2) is 5.78 Å². The molecule has 0 fully saturated rings. The summed E-state index contributed by atoms with van der Waals surface area (Å²) < 4.78 is 0. The van der Waals surface area contributed by atoms with Crippen molar-refractivity contribution in [2.45, 2.75) is 33.1 Å². The van der Waals surface area contributed by atoms with E-state index in [-0.39, 0.29) is 5.92 Å². The van der Waals surface area contributed by atoms with E-state index >= 15 is 0 Å². The van der Waals surface area contributed by atoms with Crippen LogP contribution in [0.25, 0.3) is 0 Å². The van der Waals surface area contributed by atoms with E-state index in [9.17, 15) is 4.79 Å². The Morgan fingerprint density at radius 2 is 2.30 bits per heavy atom. The summed E-state index contributed by atoms with van der Waals surface area (Å²) in [5, 5.41) is 0. The van der Waals surface area contributed by atoms with Gasteiger partial charge < -0.3 is 0 Å². The molecule has 0 saturated heterocycles. The molecule has 0 aromatic rings. The number of rotatable bonds is 5. The zero-order chi connectivity index (χ0) is 7.98. The highest BCUT2D eigenvalue weighted by Gasteiger charge is 2.09. The molecule has 58 valence electrons. The molecule has 0 spiro atoms. The van der Waals surface area contributed by atoms with Gasteiger partial charge in [0.05, 0.1) is 0 Å². The van der Waals surface area contributed by atoms with Gasteiger partial charge in [-0.2, -0.15) is 0 Å². The Kier molecular flexibility index (Phi) is 4.91. The molecular weight excluding hydrogens is 124 g/mol. The third-order valence-corrected chi connectivity index (χ3v) is 1.66. The van der Waals surface area contributed by atoms with Crippen LogP contribution < -0.4 is 0 Å². The van der Waals surface area contributed by atoms with Crippen molar-refractivity contribution >= 4 is 5.78 Å². The lowest BCUT2D eigenvalue weighted by Gasteiger charge is -2.08. The van der Waals surface area contributed by atoms with Gasteiger partial charge in [-0.3, -0.25) is 4.79 Å². The number of hydrogen-bond acceptors (Lipinski definition) is 1. The van der Waals surface area contributed by atoms with Crippen LogP contribution in [0.2, 0.25) is 0 Å². The number of carbonyl (C=O) groups is 1. The van der Waals surface area contributed by atoms with Crippen LogP contribution in [0.15, 0.2) is 12.7 Å². The lowest BCUT2D eigenvalue weighted by atomic mass is 9.96. The minimum Gasteiger partial charge on any atom is -0.300 e.